The molecule has 1 aliphatic rings. The van der Waals surface area contributed by atoms with Crippen molar-refractivity contribution in [2.75, 3.05) is 21.2 Å². The molecule has 0 aliphatic heterocycles. The van der Waals surface area contributed by atoms with Gasteiger partial charge in [0.25, 0.3) is 0 Å². The molecule has 0 radical (unpaired) electrons. The van der Waals surface area contributed by atoms with Crippen molar-refractivity contribution in [3.8, 4) is 0 Å². The molecule has 1 aliphatic carbocycles. The van der Waals surface area contributed by atoms with Crippen LogP contribution in [0.4, 0.5) is 0 Å². The Morgan fingerprint density at radius 1 is 1.56 bits per heavy atom. The summed E-state index contributed by atoms with van der Waals surface area (Å²) in [5, 5.41) is 0. The third kappa shape index (κ3) is 1.37. The summed E-state index contributed by atoms with van der Waals surface area (Å²) in [6.07, 6.45) is 4.26. The minimum atomic E-state index is -0.671. The topological polar surface area (TPSA) is 42.7 Å². The van der Waals surface area contributed by atoms with Crippen LogP contribution in [0, 0.1) is 0 Å². The largest absolute Gasteiger partial charge is 0.469 e. The molecule has 0 bridgehead atoms. The average molecular weight is 223 g/mol. The van der Waals surface area contributed by atoms with Gasteiger partial charge >= 0.3 is 5.97 Å². The molecule has 0 spiro atoms. The van der Waals surface area contributed by atoms with Crippen LogP contribution in [0.5, 0.6) is 0 Å². The van der Waals surface area contributed by atoms with Crippen LogP contribution in [-0.4, -0.2) is 32.1 Å². The lowest BCUT2D eigenvalue weighted by molar-refractivity contribution is -0.155. The van der Waals surface area contributed by atoms with Crippen molar-refractivity contribution in [1.29, 1.82) is 0 Å². The smallest absolute Gasteiger partial charge is 0.331 e. The molecule has 1 atom stereocenters. The first-order valence-electron chi connectivity index (χ1n) is 5.45. The highest BCUT2D eigenvalue weighted by molar-refractivity contribution is 5.83. The molecule has 0 saturated heterocycles. The molecule has 88 valence electrons. The molecule has 0 fully saturated rings. The van der Waals surface area contributed by atoms with E-state index < -0.39 is 5.54 Å². The van der Waals surface area contributed by atoms with E-state index >= 15 is 0 Å². The van der Waals surface area contributed by atoms with Gasteiger partial charge in [-0.1, -0.05) is 0 Å². The number of aryl methyl sites for hydroxylation is 1. The predicted octanol–water partition coefficient (Wildman–Crippen LogP) is 1.55. The van der Waals surface area contributed by atoms with Crippen LogP contribution in [0.25, 0.3) is 0 Å². The van der Waals surface area contributed by atoms with Crippen LogP contribution in [0.2, 0.25) is 0 Å². The molecule has 0 saturated carbocycles. The molecule has 1 aromatic heterocycles. The number of hydrogen-bond acceptors (Lipinski definition) is 4. The molecule has 1 heterocycles. The van der Waals surface area contributed by atoms with Gasteiger partial charge in [-0.25, -0.2) is 4.79 Å². The summed E-state index contributed by atoms with van der Waals surface area (Å²) in [6.45, 7) is 0. The summed E-state index contributed by atoms with van der Waals surface area (Å²) in [4.78, 5) is 14.0. The zero-order valence-corrected chi connectivity index (χ0v) is 9.95. The molecule has 4 nitrogen and oxygen atoms in total. The van der Waals surface area contributed by atoms with E-state index in [0.29, 0.717) is 0 Å². The number of carbonyl (C=O) groups is 1. The number of nitrogens with zero attached hydrogens (tertiary/aromatic N) is 1. The third-order valence-electron chi connectivity index (χ3n) is 3.42. The van der Waals surface area contributed by atoms with Gasteiger partial charge in [0, 0.05) is 12.0 Å². The van der Waals surface area contributed by atoms with E-state index in [1.165, 1.54) is 7.11 Å². The summed E-state index contributed by atoms with van der Waals surface area (Å²) >= 11 is 0. The number of hydrogen-bond donors (Lipinski definition) is 0. The van der Waals surface area contributed by atoms with Crippen LogP contribution in [-0.2, 0) is 21.5 Å². The van der Waals surface area contributed by atoms with Gasteiger partial charge in [-0.05, 0) is 33.0 Å². The van der Waals surface area contributed by atoms with Crippen LogP contribution in [0.15, 0.2) is 16.7 Å². The van der Waals surface area contributed by atoms with Gasteiger partial charge < -0.3 is 9.15 Å². The summed E-state index contributed by atoms with van der Waals surface area (Å²) in [5.41, 5.74) is 0.283. The van der Waals surface area contributed by atoms with Crippen molar-refractivity contribution in [3.63, 3.8) is 0 Å². The maximum Gasteiger partial charge on any atom is 0.331 e. The Hall–Kier alpha value is -1.29. The fraction of sp³-hybridized carbons (Fsp3) is 0.583. The van der Waals surface area contributed by atoms with E-state index in [-0.39, 0.29) is 5.97 Å². The molecule has 0 N–H and O–H groups in total. The Balaban J connectivity index is 2.54. The Bertz CT molecular complexity index is 397. The molecule has 0 aromatic carbocycles. The second kappa shape index (κ2) is 3.94. The minimum Gasteiger partial charge on any atom is -0.469 e. The highest BCUT2D eigenvalue weighted by atomic mass is 16.5. The normalized spacial score (nSPS) is 24.2. The van der Waals surface area contributed by atoms with E-state index in [9.17, 15) is 4.79 Å². The van der Waals surface area contributed by atoms with E-state index in [1.54, 1.807) is 6.26 Å². The number of rotatable bonds is 2. The van der Waals surface area contributed by atoms with Crippen molar-refractivity contribution in [1.82, 2.24) is 4.90 Å². The number of ether oxygens (including phenoxy) is 1. The van der Waals surface area contributed by atoms with Crippen molar-refractivity contribution in [3.05, 3.63) is 23.7 Å². The van der Waals surface area contributed by atoms with Gasteiger partial charge in [-0.2, -0.15) is 0 Å². The first-order chi connectivity index (χ1) is 7.63. The van der Waals surface area contributed by atoms with E-state index in [1.807, 2.05) is 25.1 Å². The second-order valence-electron chi connectivity index (χ2n) is 4.36. The van der Waals surface area contributed by atoms with Gasteiger partial charge in [-0.3, -0.25) is 4.90 Å². The lowest BCUT2D eigenvalue weighted by atomic mass is 9.79. The standard InChI is InChI=1S/C12H17NO3/c1-13(2)12(11(14)15-3)7-4-5-10-9(12)6-8-16-10/h6,8H,4-5,7H2,1-3H3. The van der Waals surface area contributed by atoms with Crippen molar-refractivity contribution < 1.29 is 13.9 Å². The first kappa shape index (κ1) is 11.2. The van der Waals surface area contributed by atoms with Crippen molar-refractivity contribution >= 4 is 5.97 Å². The van der Waals surface area contributed by atoms with Gasteiger partial charge in [0.1, 0.15) is 11.3 Å². The van der Waals surface area contributed by atoms with Crippen LogP contribution in [0.3, 0.4) is 0 Å². The fourth-order valence-corrected chi connectivity index (χ4v) is 2.57. The van der Waals surface area contributed by atoms with E-state index in [4.69, 9.17) is 9.15 Å². The monoisotopic (exact) mass is 223 g/mol. The SMILES string of the molecule is COC(=O)C1(N(C)C)CCCc2occc21. The van der Waals surface area contributed by atoms with E-state index in [2.05, 4.69) is 0 Å². The molecular weight excluding hydrogens is 206 g/mol. The number of methoxy groups -OCH3 is 1. The zero-order valence-electron chi connectivity index (χ0n) is 9.95. The van der Waals surface area contributed by atoms with Gasteiger partial charge in [0.2, 0.25) is 0 Å². The van der Waals surface area contributed by atoms with Crippen LogP contribution < -0.4 is 0 Å². The quantitative estimate of drug-likeness (QED) is 0.713. The molecule has 1 unspecified atom stereocenters. The van der Waals surface area contributed by atoms with Gasteiger partial charge in [0.15, 0.2) is 0 Å². The Morgan fingerprint density at radius 3 is 2.94 bits per heavy atom. The maximum absolute atomic E-state index is 12.1. The Labute approximate surface area is 95.2 Å². The van der Waals surface area contributed by atoms with Crippen molar-refractivity contribution in [2.45, 2.75) is 24.8 Å². The van der Waals surface area contributed by atoms with Crippen LogP contribution >= 0.6 is 0 Å². The summed E-state index contributed by atoms with van der Waals surface area (Å²) in [5.74, 6) is 0.699. The lowest BCUT2D eigenvalue weighted by Crippen LogP contribution is -2.50. The average Bonchev–Trinajstić information content (AvgIpc) is 2.75. The highest BCUT2D eigenvalue weighted by Gasteiger charge is 2.47. The number of furan rings is 1. The lowest BCUT2D eigenvalue weighted by Gasteiger charge is -2.39. The van der Waals surface area contributed by atoms with Gasteiger partial charge in [-0.15, -0.1) is 0 Å². The maximum atomic E-state index is 12.1. The summed E-state index contributed by atoms with van der Waals surface area (Å²) < 4.78 is 10.4. The predicted molar refractivity (Wildman–Crippen MR) is 59.0 cm³/mol. The molecule has 4 heteroatoms. The fourth-order valence-electron chi connectivity index (χ4n) is 2.57. The molecule has 16 heavy (non-hydrogen) atoms. The first-order valence-corrected chi connectivity index (χ1v) is 5.45. The number of esters is 1. The third-order valence-corrected chi connectivity index (χ3v) is 3.42. The number of fused-ring (bicyclic) bond motifs is 1. The van der Waals surface area contributed by atoms with Crippen LogP contribution in [0.1, 0.15) is 24.2 Å². The Kier molecular flexibility index (Phi) is 2.76. The summed E-state index contributed by atoms with van der Waals surface area (Å²) in [7, 11) is 5.24. The highest BCUT2D eigenvalue weighted by Crippen LogP contribution is 2.40. The molecule has 0 amide bonds. The Morgan fingerprint density at radius 2 is 2.31 bits per heavy atom. The number of likely N-dealkylation sites (N-methyl/N-ethyl adjacent to an activating group) is 1. The summed E-state index contributed by atoms with van der Waals surface area (Å²) in [6, 6.07) is 1.88. The van der Waals surface area contributed by atoms with Gasteiger partial charge in [0.05, 0.1) is 13.4 Å². The second-order valence-corrected chi connectivity index (χ2v) is 4.36. The molecule has 1 aromatic rings. The number of carbonyl (C=O) groups excluding carboxylic acids is 1. The van der Waals surface area contributed by atoms with E-state index in [0.717, 1.165) is 30.6 Å². The molecule has 2 rings (SSSR count). The van der Waals surface area contributed by atoms with Crippen molar-refractivity contribution in [2.24, 2.45) is 0 Å². The zero-order chi connectivity index (χ0) is 11.8. The molecular formula is C12H17NO3. The minimum absolute atomic E-state index is 0.208.